The van der Waals surface area contributed by atoms with Crippen LogP contribution in [0.5, 0.6) is 5.75 Å². The molecule has 6 nitrogen and oxygen atoms in total. The number of piperidine rings is 1. The summed E-state index contributed by atoms with van der Waals surface area (Å²) in [5.41, 5.74) is 0.718. The van der Waals surface area contributed by atoms with Crippen molar-refractivity contribution in [2.45, 2.75) is 52.0 Å². The summed E-state index contributed by atoms with van der Waals surface area (Å²) in [5.74, 6) is 0.818. The Bertz CT molecular complexity index is 577. The molecular formula is C19H29N3O3. The van der Waals surface area contributed by atoms with E-state index >= 15 is 0 Å². The Labute approximate surface area is 149 Å². The number of carbonyl (C=O) groups excluding carboxylic acids is 2. The van der Waals surface area contributed by atoms with Crippen LogP contribution in [0.15, 0.2) is 24.3 Å². The van der Waals surface area contributed by atoms with Crippen LogP contribution in [0.1, 0.15) is 46.0 Å². The molecule has 3 amide bonds. The second kappa shape index (κ2) is 9.91. The van der Waals surface area contributed by atoms with E-state index in [-0.39, 0.29) is 18.0 Å². The normalized spacial score (nSPS) is 17.0. The first-order chi connectivity index (χ1) is 12.1. The maximum Gasteiger partial charge on any atom is 0.321 e. The largest absolute Gasteiger partial charge is 0.494 e. The van der Waals surface area contributed by atoms with Gasteiger partial charge in [0.1, 0.15) is 5.75 Å². The first-order valence-electron chi connectivity index (χ1n) is 9.20. The Morgan fingerprint density at radius 2 is 2.12 bits per heavy atom. The average molecular weight is 347 g/mol. The molecule has 1 aromatic rings. The molecule has 138 valence electrons. The van der Waals surface area contributed by atoms with E-state index in [4.69, 9.17) is 4.74 Å². The molecule has 1 fully saturated rings. The van der Waals surface area contributed by atoms with Crippen LogP contribution in [0.3, 0.4) is 0 Å². The summed E-state index contributed by atoms with van der Waals surface area (Å²) in [4.78, 5) is 26.0. The summed E-state index contributed by atoms with van der Waals surface area (Å²) in [6, 6.07) is 7.33. The average Bonchev–Trinajstić information content (AvgIpc) is 2.60. The molecule has 1 atom stereocenters. The predicted octanol–water partition coefficient (Wildman–Crippen LogP) is 3.39. The van der Waals surface area contributed by atoms with Crippen LogP contribution in [0.2, 0.25) is 0 Å². The molecule has 0 aliphatic carbocycles. The molecule has 2 N–H and O–H groups in total. The van der Waals surface area contributed by atoms with Crippen molar-refractivity contribution in [1.82, 2.24) is 10.2 Å². The first-order valence-corrected chi connectivity index (χ1v) is 9.20. The van der Waals surface area contributed by atoms with Gasteiger partial charge >= 0.3 is 6.03 Å². The van der Waals surface area contributed by atoms with Crippen LogP contribution in [0.25, 0.3) is 0 Å². The minimum absolute atomic E-state index is 0.0396. The number of nitrogens with one attached hydrogen (secondary N) is 2. The van der Waals surface area contributed by atoms with Crippen molar-refractivity contribution in [2.75, 3.05) is 25.0 Å². The Balaban J connectivity index is 1.88. The van der Waals surface area contributed by atoms with Gasteiger partial charge in [0, 0.05) is 37.3 Å². The van der Waals surface area contributed by atoms with Gasteiger partial charge in [-0.25, -0.2) is 4.79 Å². The summed E-state index contributed by atoms with van der Waals surface area (Å²) >= 11 is 0. The molecule has 6 heteroatoms. The van der Waals surface area contributed by atoms with Crippen LogP contribution in [0.4, 0.5) is 10.5 Å². The smallest absolute Gasteiger partial charge is 0.321 e. The van der Waals surface area contributed by atoms with Gasteiger partial charge in [-0.1, -0.05) is 19.9 Å². The highest BCUT2D eigenvalue weighted by Gasteiger charge is 2.24. The highest BCUT2D eigenvalue weighted by Crippen LogP contribution is 2.19. The SMILES string of the molecule is CCCOc1cccc(NC(=O)N2CCCC(NC(=O)CCC)C2)c1. The molecule has 0 spiro atoms. The van der Waals surface area contributed by atoms with E-state index in [9.17, 15) is 9.59 Å². The van der Waals surface area contributed by atoms with Gasteiger partial charge in [0.15, 0.2) is 0 Å². The first kappa shape index (κ1) is 19.1. The van der Waals surface area contributed by atoms with Crippen LogP contribution in [-0.2, 0) is 4.79 Å². The molecule has 1 saturated heterocycles. The fraction of sp³-hybridized carbons (Fsp3) is 0.579. The third-order valence-corrected chi connectivity index (χ3v) is 4.11. The third-order valence-electron chi connectivity index (χ3n) is 4.11. The van der Waals surface area contributed by atoms with Gasteiger partial charge in [-0.05, 0) is 37.8 Å². The van der Waals surface area contributed by atoms with E-state index in [2.05, 4.69) is 17.6 Å². The highest BCUT2D eigenvalue weighted by atomic mass is 16.5. The Hall–Kier alpha value is -2.24. The van der Waals surface area contributed by atoms with Crippen molar-refractivity contribution in [2.24, 2.45) is 0 Å². The van der Waals surface area contributed by atoms with Gasteiger partial charge in [-0.3, -0.25) is 4.79 Å². The van der Waals surface area contributed by atoms with Gasteiger partial charge in [-0.15, -0.1) is 0 Å². The number of likely N-dealkylation sites (tertiary alicyclic amines) is 1. The minimum Gasteiger partial charge on any atom is -0.494 e. The summed E-state index contributed by atoms with van der Waals surface area (Å²) in [7, 11) is 0. The van der Waals surface area contributed by atoms with Crippen molar-refractivity contribution >= 4 is 17.6 Å². The quantitative estimate of drug-likeness (QED) is 0.794. The second-order valence-electron chi connectivity index (χ2n) is 6.41. The van der Waals surface area contributed by atoms with Crippen molar-refractivity contribution in [3.05, 3.63) is 24.3 Å². The Morgan fingerprint density at radius 1 is 1.28 bits per heavy atom. The van der Waals surface area contributed by atoms with Crippen LogP contribution >= 0.6 is 0 Å². The Kier molecular flexibility index (Phi) is 7.57. The monoisotopic (exact) mass is 347 g/mol. The maximum absolute atomic E-state index is 12.5. The van der Waals surface area contributed by atoms with Crippen molar-refractivity contribution < 1.29 is 14.3 Å². The zero-order valence-corrected chi connectivity index (χ0v) is 15.2. The van der Waals surface area contributed by atoms with E-state index in [1.54, 1.807) is 4.90 Å². The maximum atomic E-state index is 12.5. The summed E-state index contributed by atoms with van der Waals surface area (Å²) in [5, 5.41) is 5.94. The second-order valence-corrected chi connectivity index (χ2v) is 6.41. The molecule has 2 rings (SSSR count). The fourth-order valence-electron chi connectivity index (χ4n) is 2.89. The number of nitrogens with zero attached hydrogens (tertiary/aromatic N) is 1. The van der Waals surface area contributed by atoms with Gasteiger partial charge in [0.05, 0.1) is 6.61 Å². The number of ether oxygens (including phenoxy) is 1. The summed E-state index contributed by atoms with van der Waals surface area (Å²) in [6.07, 6.45) is 4.12. The fourth-order valence-corrected chi connectivity index (χ4v) is 2.89. The lowest BCUT2D eigenvalue weighted by Crippen LogP contribution is -2.50. The lowest BCUT2D eigenvalue weighted by atomic mass is 10.1. The third kappa shape index (κ3) is 6.29. The molecule has 1 aliphatic rings. The van der Waals surface area contributed by atoms with E-state index in [0.29, 0.717) is 26.1 Å². The number of rotatable bonds is 7. The molecule has 0 radical (unpaired) electrons. The van der Waals surface area contributed by atoms with E-state index < -0.39 is 0 Å². The molecule has 1 unspecified atom stereocenters. The minimum atomic E-state index is -0.137. The van der Waals surface area contributed by atoms with E-state index in [1.165, 1.54) is 0 Å². The number of amides is 3. The molecular weight excluding hydrogens is 318 g/mol. The van der Waals surface area contributed by atoms with Gasteiger partial charge < -0.3 is 20.3 Å². The van der Waals surface area contributed by atoms with Gasteiger partial charge in [0.2, 0.25) is 5.91 Å². The van der Waals surface area contributed by atoms with Crippen LogP contribution in [-0.4, -0.2) is 42.6 Å². The lowest BCUT2D eigenvalue weighted by molar-refractivity contribution is -0.122. The number of hydrogen-bond acceptors (Lipinski definition) is 3. The molecule has 1 heterocycles. The number of carbonyl (C=O) groups is 2. The van der Waals surface area contributed by atoms with Gasteiger partial charge in [-0.2, -0.15) is 0 Å². The van der Waals surface area contributed by atoms with Crippen LogP contribution in [0, 0.1) is 0 Å². The number of hydrogen-bond donors (Lipinski definition) is 2. The van der Waals surface area contributed by atoms with Crippen molar-refractivity contribution in [1.29, 1.82) is 0 Å². The van der Waals surface area contributed by atoms with Gasteiger partial charge in [0.25, 0.3) is 0 Å². The summed E-state index contributed by atoms with van der Waals surface area (Å²) in [6.45, 7) is 5.95. The molecule has 0 bridgehead atoms. The molecule has 0 aromatic heterocycles. The number of benzene rings is 1. The predicted molar refractivity (Wildman–Crippen MR) is 98.9 cm³/mol. The lowest BCUT2D eigenvalue weighted by Gasteiger charge is -2.33. The van der Waals surface area contributed by atoms with E-state index in [0.717, 1.165) is 37.1 Å². The molecule has 25 heavy (non-hydrogen) atoms. The molecule has 1 aliphatic heterocycles. The standard InChI is InChI=1S/C19H29N3O3/c1-3-7-18(23)20-16-9-6-11-22(14-16)19(24)21-15-8-5-10-17(13-15)25-12-4-2/h5,8,10,13,16H,3-4,6-7,9,11-12,14H2,1-2H3,(H,20,23)(H,21,24). The highest BCUT2D eigenvalue weighted by molar-refractivity contribution is 5.89. The topological polar surface area (TPSA) is 70.7 Å². The molecule has 1 aromatic carbocycles. The van der Waals surface area contributed by atoms with Crippen LogP contribution < -0.4 is 15.4 Å². The zero-order valence-electron chi connectivity index (χ0n) is 15.2. The van der Waals surface area contributed by atoms with E-state index in [1.807, 2.05) is 31.2 Å². The number of urea groups is 1. The Morgan fingerprint density at radius 3 is 2.88 bits per heavy atom. The van der Waals surface area contributed by atoms with Crippen molar-refractivity contribution in [3.63, 3.8) is 0 Å². The van der Waals surface area contributed by atoms with Crippen molar-refractivity contribution in [3.8, 4) is 5.75 Å². The zero-order chi connectivity index (χ0) is 18.1. The summed E-state index contributed by atoms with van der Waals surface area (Å²) < 4.78 is 5.59. The number of anilines is 1. The molecule has 0 saturated carbocycles.